The molecule has 104 valence electrons. The fraction of sp³-hybridized carbons (Fsp3) is 0.188. The highest BCUT2D eigenvalue weighted by molar-refractivity contribution is 5.88. The van der Waals surface area contributed by atoms with Gasteiger partial charge in [0.1, 0.15) is 0 Å². The van der Waals surface area contributed by atoms with E-state index in [4.69, 9.17) is 14.6 Å². The van der Waals surface area contributed by atoms with Crippen LogP contribution in [0.5, 0.6) is 0 Å². The molecule has 0 fully saturated rings. The second-order valence-electron chi connectivity index (χ2n) is 4.31. The Hall–Kier alpha value is -2.17. The van der Waals surface area contributed by atoms with Crippen LogP contribution in [0.2, 0.25) is 0 Å². The molecule has 0 aliphatic heterocycles. The number of rotatable bonds is 5. The molecule has 0 heterocycles. The molecule has 0 amide bonds. The van der Waals surface area contributed by atoms with Crippen LogP contribution in [0.25, 0.3) is 11.1 Å². The number of aromatic carboxylic acids is 1. The SMILES string of the molecule is COC(OC)c1cccc(-c2ccc(C(=O)O)cc2)c1. The maximum Gasteiger partial charge on any atom is 0.335 e. The van der Waals surface area contributed by atoms with Gasteiger partial charge in [-0.15, -0.1) is 0 Å². The van der Waals surface area contributed by atoms with E-state index in [1.165, 1.54) is 0 Å². The van der Waals surface area contributed by atoms with Crippen LogP contribution in [0, 0.1) is 0 Å². The lowest BCUT2D eigenvalue weighted by Crippen LogP contribution is -2.03. The number of carbonyl (C=O) groups is 1. The zero-order valence-corrected chi connectivity index (χ0v) is 11.4. The summed E-state index contributed by atoms with van der Waals surface area (Å²) in [4.78, 5) is 10.8. The van der Waals surface area contributed by atoms with Gasteiger partial charge in [0.05, 0.1) is 5.56 Å². The van der Waals surface area contributed by atoms with Crippen molar-refractivity contribution in [3.63, 3.8) is 0 Å². The largest absolute Gasteiger partial charge is 0.478 e. The molecule has 4 nitrogen and oxygen atoms in total. The van der Waals surface area contributed by atoms with Crippen LogP contribution >= 0.6 is 0 Å². The van der Waals surface area contributed by atoms with Crippen molar-refractivity contribution >= 4 is 5.97 Å². The molecule has 2 aromatic rings. The summed E-state index contributed by atoms with van der Waals surface area (Å²) in [5, 5.41) is 8.89. The van der Waals surface area contributed by atoms with Crippen LogP contribution in [0.1, 0.15) is 22.2 Å². The summed E-state index contributed by atoms with van der Waals surface area (Å²) in [5.41, 5.74) is 3.12. The molecular weight excluding hydrogens is 256 g/mol. The van der Waals surface area contributed by atoms with Crippen LogP contribution in [0.4, 0.5) is 0 Å². The third-order valence-corrected chi connectivity index (χ3v) is 3.05. The molecule has 0 radical (unpaired) electrons. The van der Waals surface area contributed by atoms with Gasteiger partial charge in [-0.1, -0.05) is 30.3 Å². The van der Waals surface area contributed by atoms with E-state index in [1.807, 2.05) is 24.3 Å². The van der Waals surface area contributed by atoms with Gasteiger partial charge in [-0.2, -0.15) is 0 Å². The molecule has 0 atom stereocenters. The molecule has 20 heavy (non-hydrogen) atoms. The average molecular weight is 272 g/mol. The number of carboxylic acids is 1. The number of hydrogen-bond donors (Lipinski definition) is 1. The Bertz CT molecular complexity index is 586. The van der Waals surface area contributed by atoms with E-state index in [0.717, 1.165) is 16.7 Å². The van der Waals surface area contributed by atoms with Crippen LogP contribution < -0.4 is 0 Å². The van der Waals surface area contributed by atoms with E-state index in [2.05, 4.69) is 0 Å². The minimum absolute atomic E-state index is 0.275. The first-order valence-electron chi connectivity index (χ1n) is 6.15. The maximum atomic E-state index is 10.8. The van der Waals surface area contributed by atoms with Crippen LogP contribution in [-0.4, -0.2) is 25.3 Å². The molecule has 0 unspecified atom stereocenters. The van der Waals surface area contributed by atoms with Gasteiger partial charge in [0.15, 0.2) is 6.29 Å². The summed E-state index contributed by atoms with van der Waals surface area (Å²) in [6.07, 6.45) is -0.409. The first kappa shape index (κ1) is 14.2. The Morgan fingerprint density at radius 2 is 1.65 bits per heavy atom. The van der Waals surface area contributed by atoms with Crippen molar-refractivity contribution in [1.82, 2.24) is 0 Å². The van der Waals surface area contributed by atoms with Crippen molar-refractivity contribution in [1.29, 1.82) is 0 Å². The number of methoxy groups -OCH3 is 2. The highest BCUT2D eigenvalue weighted by Crippen LogP contribution is 2.25. The predicted octanol–water partition coefficient (Wildman–Crippen LogP) is 3.34. The highest BCUT2D eigenvalue weighted by atomic mass is 16.7. The van der Waals surface area contributed by atoms with Crippen molar-refractivity contribution in [2.24, 2.45) is 0 Å². The molecule has 0 bridgehead atoms. The Morgan fingerprint density at radius 3 is 2.20 bits per heavy atom. The molecule has 2 rings (SSSR count). The summed E-state index contributed by atoms with van der Waals surface area (Å²) in [7, 11) is 3.17. The minimum atomic E-state index is -0.927. The van der Waals surface area contributed by atoms with E-state index in [1.54, 1.807) is 38.5 Å². The molecule has 0 saturated heterocycles. The van der Waals surface area contributed by atoms with E-state index < -0.39 is 12.3 Å². The lowest BCUT2D eigenvalue weighted by molar-refractivity contribution is -0.105. The van der Waals surface area contributed by atoms with Gasteiger partial charge in [0.25, 0.3) is 0 Å². The molecule has 2 aromatic carbocycles. The predicted molar refractivity (Wildman–Crippen MR) is 75.6 cm³/mol. The normalized spacial score (nSPS) is 10.8. The minimum Gasteiger partial charge on any atom is -0.478 e. The summed E-state index contributed by atoms with van der Waals surface area (Å²) < 4.78 is 10.5. The van der Waals surface area contributed by atoms with Crippen molar-refractivity contribution in [3.05, 3.63) is 59.7 Å². The molecule has 1 N–H and O–H groups in total. The maximum absolute atomic E-state index is 10.8. The van der Waals surface area contributed by atoms with E-state index >= 15 is 0 Å². The Balaban J connectivity index is 2.33. The summed E-state index contributed by atoms with van der Waals surface area (Å²) in [6.45, 7) is 0. The Labute approximate surface area is 117 Å². The highest BCUT2D eigenvalue weighted by Gasteiger charge is 2.10. The first-order valence-corrected chi connectivity index (χ1v) is 6.15. The van der Waals surface area contributed by atoms with Crippen LogP contribution in [0.3, 0.4) is 0 Å². The van der Waals surface area contributed by atoms with Crippen LogP contribution in [0.15, 0.2) is 48.5 Å². The Morgan fingerprint density at radius 1 is 1.00 bits per heavy atom. The van der Waals surface area contributed by atoms with E-state index in [9.17, 15) is 4.79 Å². The monoisotopic (exact) mass is 272 g/mol. The number of carboxylic acid groups (broad SMARTS) is 1. The van der Waals surface area contributed by atoms with Crippen molar-refractivity contribution in [3.8, 4) is 11.1 Å². The molecule has 0 saturated carbocycles. The number of ether oxygens (including phenoxy) is 2. The molecule has 0 aromatic heterocycles. The third-order valence-electron chi connectivity index (χ3n) is 3.05. The zero-order valence-electron chi connectivity index (χ0n) is 11.4. The average Bonchev–Trinajstić information content (AvgIpc) is 2.49. The Kier molecular flexibility index (Phi) is 4.50. The topological polar surface area (TPSA) is 55.8 Å². The van der Waals surface area contributed by atoms with E-state index in [0.29, 0.717) is 0 Å². The van der Waals surface area contributed by atoms with Gasteiger partial charge >= 0.3 is 5.97 Å². The van der Waals surface area contributed by atoms with Crippen molar-refractivity contribution in [2.45, 2.75) is 6.29 Å². The van der Waals surface area contributed by atoms with Crippen LogP contribution in [-0.2, 0) is 9.47 Å². The van der Waals surface area contributed by atoms with E-state index in [-0.39, 0.29) is 5.56 Å². The molecule has 0 aliphatic carbocycles. The van der Waals surface area contributed by atoms with Crippen molar-refractivity contribution < 1.29 is 19.4 Å². The second-order valence-corrected chi connectivity index (χ2v) is 4.31. The van der Waals surface area contributed by atoms with Crippen molar-refractivity contribution in [2.75, 3.05) is 14.2 Å². The molecule has 4 heteroatoms. The fourth-order valence-electron chi connectivity index (χ4n) is 2.04. The summed E-state index contributed by atoms with van der Waals surface area (Å²) in [5.74, 6) is -0.927. The lowest BCUT2D eigenvalue weighted by atomic mass is 10.0. The fourth-order valence-corrected chi connectivity index (χ4v) is 2.04. The second kappa shape index (κ2) is 6.32. The van der Waals surface area contributed by atoms with Gasteiger partial charge in [0, 0.05) is 19.8 Å². The molecular formula is C16H16O4. The van der Waals surface area contributed by atoms with Gasteiger partial charge < -0.3 is 14.6 Å². The van der Waals surface area contributed by atoms with Gasteiger partial charge in [-0.05, 0) is 29.3 Å². The van der Waals surface area contributed by atoms with Gasteiger partial charge in [0.2, 0.25) is 0 Å². The zero-order chi connectivity index (χ0) is 14.5. The smallest absolute Gasteiger partial charge is 0.335 e. The quantitative estimate of drug-likeness (QED) is 0.848. The first-order chi connectivity index (χ1) is 9.65. The molecule has 0 aliphatic rings. The standard InChI is InChI=1S/C16H16O4/c1-19-16(20-2)14-5-3-4-13(10-14)11-6-8-12(9-7-11)15(17)18/h3-10,16H,1-2H3,(H,17,18). The third kappa shape index (κ3) is 3.04. The summed E-state index contributed by atoms with van der Waals surface area (Å²) >= 11 is 0. The number of hydrogen-bond acceptors (Lipinski definition) is 3. The number of benzene rings is 2. The molecule has 0 spiro atoms. The van der Waals surface area contributed by atoms with Gasteiger partial charge in [-0.25, -0.2) is 4.79 Å². The lowest BCUT2D eigenvalue weighted by Gasteiger charge is -2.14. The summed E-state index contributed by atoms with van der Waals surface area (Å²) in [6, 6.07) is 14.5. The van der Waals surface area contributed by atoms with Gasteiger partial charge in [-0.3, -0.25) is 0 Å².